The first-order valence-electron chi connectivity index (χ1n) is 9.70. The van der Waals surface area contributed by atoms with Gasteiger partial charge in [0.2, 0.25) is 5.91 Å². The number of hydrogen-bond acceptors (Lipinski definition) is 4. The van der Waals surface area contributed by atoms with Crippen LogP contribution in [0.4, 0.5) is 18.9 Å². The minimum atomic E-state index is -4.44. The van der Waals surface area contributed by atoms with E-state index in [1.54, 1.807) is 4.68 Å². The van der Waals surface area contributed by atoms with E-state index in [1.807, 2.05) is 31.2 Å². The van der Waals surface area contributed by atoms with E-state index < -0.39 is 17.6 Å². The molecular weight excluding hydrogens is 423 g/mol. The largest absolute Gasteiger partial charge is 0.416 e. The van der Waals surface area contributed by atoms with E-state index in [0.717, 1.165) is 23.4 Å². The Morgan fingerprint density at radius 1 is 1.06 bits per heavy atom. The van der Waals surface area contributed by atoms with Crippen LogP contribution in [0.2, 0.25) is 0 Å². The fourth-order valence-electron chi connectivity index (χ4n) is 3.17. The second kappa shape index (κ2) is 8.29. The van der Waals surface area contributed by atoms with Gasteiger partial charge in [-0.05, 0) is 43.3 Å². The fourth-order valence-corrected chi connectivity index (χ4v) is 3.17. The minimum Gasteiger partial charge on any atom is -0.326 e. The van der Waals surface area contributed by atoms with Crippen molar-refractivity contribution in [1.29, 1.82) is 0 Å². The van der Waals surface area contributed by atoms with Gasteiger partial charge < -0.3 is 5.32 Å². The van der Waals surface area contributed by atoms with Crippen LogP contribution in [0.3, 0.4) is 0 Å². The first-order valence-corrected chi connectivity index (χ1v) is 9.70. The molecule has 2 heterocycles. The van der Waals surface area contributed by atoms with Crippen molar-refractivity contribution in [1.82, 2.24) is 19.3 Å². The highest BCUT2D eigenvalue weighted by atomic mass is 19.4. The molecule has 0 saturated carbocycles. The summed E-state index contributed by atoms with van der Waals surface area (Å²) in [6.45, 7) is 2.03. The molecule has 1 N–H and O–H groups in total. The summed E-state index contributed by atoms with van der Waals surface area (Å²) in [7, 11) is 0. The van der Waals surface area contributed by atoms with Gasteiger partial charge in [0.05, 0.1) is 23.8 Å². The summed E-state index contributed by atoms with van der Waals surface area (Å²) in [6.07, 6.45) is -1.71. The lowest BCUT2D eigenvalue weighted by atomic mass is 10.2. The summed E-state index contributed by atoms with van der Waals surface area (Å²) in [5.41, 5.74) is 1.37. The van der Waals surface area contributed by atoms with Gasteiger partial charge in [0.1, 0.15) is 5.39 Å². The van der Waals surface area contributed by atoms with Crippen LogP contribution in [0.25, 0.3) is 16.7 Å². The van der Waals surface area contributed by atoms with Crippen LogP contribution in [-0.2, 0) is 17.5 Å². The third-order valence-corrected chi connectivity index (χ3v) is 4.91. The van der Waals surface area contributed by atoms with Crippen LogP contribution in [0.15, 0.2) is 65.8 Å². The number of carbonyl (C=O) groups excluding carboxylic acids is 1. The van der Waals surface area contributed by atoms with Crippen LogP contribution in [-0.4, -0.2) is 25.2 Å². The van der Waals surface area contributed by atoms with Gasteiger partial charge in [-0.2, -0.15) is 18.3 Å². The molecule has 10 heteroatoms. The molecule has 0 bridgehead atoms. The van der Waals surface area contributed by atoms with Crippen molar-refractivity contribution in [2.24, 2.45) is 0 Å². The van der Waals surface area contributed by atoms with Gasteiger partial charge in [-0.25, -0.2) is 9.67 Å². The van der Waals surface area contributed by atoms with E-state index in [1.165, 1.54) is 29.2 Å². The number of alkyl halides is 3. The van der Waals surface area contributed by atoms with E-state index in [4.69, 9.17) is 0 Å². The van der Waals surface area contributed by atoms with Crippen LogP contribution >= 0.6 is 0 Å². The lowest BCUT2D eigenvalue weighted by Gasteiger charge is -2.09. The maximum Gasteiger partial charge on any atom is 0.416 e. The topological polar surface area (TPSA) is 81.8 Å². The van der Waals surface area contributed by atoms with E-state index in [0.29, 0.717) is 11.0 Å². The molecule has 164 valence electrons. The summed E-state index contributed by atoms with van der Waals surface area (Å²) in [6, 6.07) is 11.8. The fraction of sp³-hybridized carbons (Fsp3) is 0.182. The van der Waals surface area contributed by atoms with Gasteiger partial charge in [-0.1, -0.05) is 17.7 Å². The zero-order chi connectivity index (χ0) is 22.9. The lowest BCUT2D eigenvalue weighted by molar-refractivity contribution is -0.137. The summed E-state index contributed by atoms with van der Waals surface area (Å²) < 4.78 is 40.7. The Bertz CT molecular complexity index is 1320. The maximum atomic E-state index is 12.8. The number of aromatic nitrogens is 4. The number of nitrogens with zero attached hydrogens (tertiary/aromatic N) is 4. The van der Waals surface area contributed by atoms with Crippen molar-refractivity contribution >= 4 is 22.6 Å². The molecule has 0 radical (unpaired) electrons. The number of fused-ring (bicyclic) bond motifs is 1. The lowest BCUT2D eigenvalue weighted by Crippen LogP contribution is -2.23. The van der Waals surface area contributed by atoms with Crippen molar-refractivity contribution in [2.45, 2.75) is 26.1 Å². The second-order valence-corrected chi connectivity index (χ2v) is 7.25. The Hall–Kier alpha value is -3.95. The van der Waals surface area contributed by atoms with E-state index in [2.05, 4.69) is 15.4 Å². The predicted molar refractivity (Wildman–Crippen MR) is 113 cm³/mol. The highest BCUT2D eigenvalue weighted by molar-refractivity contribution is 5.90. The molecule has 0 atom stereocenters. The number of amides is 1. The van der Waals surface area contributed by atoms with Crippen molar-refractivity contribution < 1.29 is 18.0 Å². The number of benzene rings is 2. The van der Waals surface area contributed by atoms with Gasteiger partial charge in [0.25, 0.3) is 5.56 Å². The predicted octanol–water partition coefficient (Wildman–Crippen LogP) is 3.94. The molecule has 0 unspecified atom stereocenters. The van der Waals surface area contributed by atoms with Crippen LogP contribution in [0.1, 0.15) is 17.5 Å². The average molecular weight is 441 g/mol. The molecular formula is C22H18F3N5O2. The monoisotopic (exact) mass is 441 g/mol. The maximum absolute atomic E-state index is 12.8. The van der Waals surface area contributed by atoms with E-state index in [9.17, 15) is 22.8 Å². The number of halogens is 3. The molecule has 7 nitrogen and oxygen atoms in total. The Morgan fingerprint density at radius 3 is 2.41 bits per heavy atom. The number of anilines is 1. The molecule has 0 spiro atoms. The molecule has 0 saturated heterocycles. The van der Waals surface area contributed by atoms with Gasteiger partial charge in [0.15, 0.2) is 5.65 Å². The van der Waals surface area contributed by atoms with Crippen molar-refractivity contribution in [3.05, 3.63) is 82.5 Å². The summed E-state index contributed by atoms with van der Waals surface area (Å²) in [4.78, 5) is 29.3. The molecule has 2 aromatic carbocycles. The molecule has 32 heavy (non-hydrogen) atoms. The molecule has 4 aromatic rings. The summed E-state index contributed by atoms with van der Waals surface area (Å²) in [5.74, 6) is -0.438. The Labute approximate surface area is 180 Å². The van der Waals surface area contributed by atoms with Gasteiger partial charge in [0, 0.05) is 18.7 Å². The number of carbonyl (C=O) groups is 1. The van der Waals surface area contributed by atoms with Crippen LogP contribution in [0, 0.1) is 6.92 Å². The Kier molecular flexibility index (Phi) is 5.52. The standard InChI is InChI=1S/C22H18F3N5O2/c1-14-2-8-17(9-3-14)30-20-18(12-27-30)21(32)29(13-26-20)11-10-19(31)28-16-6-4-15(5-7-16)22(23,24)25/h2-9,12-13H,10-11H2,1H3,(H,28,31). The molecule has 0 aliphatic heterocycles. The van der Waals surface area contributed by atoms with E-state index >= 15 is 0 Å². The quantitative estimate of drug-likeness (QED) is 0.509. The van der Waals surface area contributed by atoms with Crippen molar-refractivity contribution in [3.63, 3.8) is 0 Å². The van der Waals surface area contributed by atoms with Gasteiger partial charge in [-0.15, -0.1) is 0 Å². The molecule has 0 aliphatic rings. The number of aryl methyl sites for hydroxylation is 2. The van der Waals surface area contributed by atoms with E-state index in [-0.39, 0.29) is 24.2 Å². The molecule has 0 aliphatic carbocycles. The molecule has 0 fully saturated rings. The van der Waals surface area contributed by atoms with Crippen LogP contribution < -0.4 is 10.9 Å². The number of hydrogen-bond donors (Lipinski definition) is 1. The van der Waals surface area contributed by atoms with Crippen molar-refractivity contribution in [3.8, 4) is 5.69 Å². The number of nitrogens with one attached hydrogen (secondary N) is 1. The summed E-state index contributed by atoms with van der Waals surface area (Å²) >= 11 is 0. The first kappa shape index (κ1) is 21.3. The normalized spacial score (nSPS) is 11.6. The molecule has 4 rings (SSSR count). The SMILES string of the molecule is Cc1ccc(-n2ncc3c(=O)n(CCC(=O)Nc4ccc(C(F)(F)F)cc4)cnc32)cc1. The summed E-state index contributed by atoms with van der Waals surface area (Å²) in [5, 5.41) is 7.09. The zero-order valence-corrected chi connectivity index (χ0v) is 16.9. The third kappa shape index (κ3) is 4.39. The van der Waals surface area contributed by atoms with Gasteiger partial charge in [-0.3, -0.25) is 14.2 Å². The Balaban J connectivity index is 1.45. The molecule has 1 amide bonds. The van der Waals surface area contributed by atoms with Gasteiger partial charge >= 0.3 is 6.18 Å². The highest BCUT2D eigenvalue weighted by Crippen LogP contribution is 2.29. The highest BCUT2D eigenvalue weighted by Gasteiger charge is 2.30. The average Bonchev–Trinajstić information content (AvgIpc) is 3.18. The van der Waals surface area contributed by atoms with Crippen LogP contribution in [0.5, 0.6) is 0 Å². The van der Waals surface area contributed by atoms with Crippen molar-refractivity contribution in [2.75, 3.05) is 5.32 Å². The Morgan fingerprint density at radius 2 is 1.75 bits per heavy atom. The third-order valence-electron chi connectivity index (χ3n) is 4.91. The first-order chi connectivity index (χ1) is 15.2. The minimum absolute atomic E-state index is 0.0553. The smallest absolute Gasteiger partial charge is 0.326 e. The number of rotatable bonds is 5. The second-order valence-electron chi connectivity index (χ2n) is 7.25. The molecule has 2 aromatic heterocycles. The zero-order valence-electron chi connectivity index (χ0n) is 16.9.